The maximum atomic E-state index is 12.6. The van der Waals surface area contributed by atoms with Crippen LogP contribution in [0.15, 0.2) is 55.0 Å². The lowest BCUT2D eigenvalue weighted by molar-refractivity contribution is -0.140. The van der Waals surface area contributed by atoms with Crippen molar-refractivity contribution in [1.29, 1.82) is 0 Å². The van der Waals surface area contributed by atoms with Gasteiger partial charge in [-0.25, -0.2) is 19.1 Å². The molecule has 1 unspecified atom stereocenters. The molecule has 11 heteroatoms. The third kappa shape index (κ3) is 4.28. The van der Waals surface area contributed by atoms with Crippen LogP contribution in [0.2, 0.25) is 0 Å². The second-order valence-electron chi connectivity index (χ2n) is 7.07. The number of hydrogen-bond acceptors (Lipinski definition) is 7. The molecule has 1 atom stereocenters. The molecule has 1 aromatic carbocycles. The standard InChI is InChI=1S/C22H20N6O5/c1-3-33-22(32)16-12-24-28-18(7-9-23-19(16)28)14-5-4-6-15(11-14)25-20(29)17-8-10-27(26-17)13(2)21(30)31/h4-13H,3H2,1-2H3,(H,25,29)(H,30,31). The Morgan fingerprint density at radius 1 is 1.21 bits per heavy atom. The normalized spacial score (nSPS) is 11.8. The molecule has 0 aliphatic rings. The number of carbonyl (C=O) groups excluding carboxylic acids is 2. The third-order valence-electron chi connectivity index (χ3n) is 4.91. The number of esters is 1. The van der Waals surface area contributed by atoms with E-state index in [0.717, 1.165) is 5.56 Å². The Bertz CT molecular complexity index is 1360. The molecule has 0 saturated heterocycles. The summed E-state index contributed by atoms with van der Waals surface area (Å²) in [6.07, 6.45) is 4.41. The van der Waals surface area contributed by atoms with Gasteiger partial charge >= 0.3 is 11.9 Å². The predicted molar refractivity (Wildman–Crippen MR) is 117 cm³/mol. The second-order valence-corrected chi connectivity index (χ2v) is 7.07. The maximum Gasteiger partial charge on any atom is 0.343 e. The van der Waals surface area contributed by atoms with Crippen LogP contribution in [0.4, 0.5) is 5.69 Å². The number of rotatable bonds is 7. The van der Waals surface area contributed by atoms with E-state index in [1.54, 1.807) is 37.4 Å². The minimum atomic E-state index is -1.05. The molecule has 4 aromatic rings. The Morgan fingerprint density at radius 3 is 2.79 bits per heavy atom. The summed E-state index contributed by atoms with van der Waals surface area (Å²) >= 11 is 0. The molecule has 4 rings (SSSR count). The van der Waals surface area contributed by atoms with E-state index < -0.39 is 23.9 Å². The molecular weight excluding hydrogens is 428 g/mol. The number of nitrogens with zero attached hydrogens (tertiary/aromatic N) is 5. The van der Waals surface area contributed by atoms with Gasteiger partial charge in [-0.3, -0.25) is 9.48 Å². The van der Waals surface area contributed by atoms with Crippen molar-refractivity contribution in [2.24, 2.45) is 0 Å². The molecule has 168 valence electrons. The minimum Gasteiger partial charge on any atom is -0.480 e. The first-order chi connectivity index (χ1) is 15.9. The van der Waals surface area contributed by atoms with Gasteiger partial charge in [-0.1, -0.05) is 12.1 Å². The number of carboxylic acid groups (broad SMARTS) is 1. The van der Waals surface area contributed by atoms with Crippen molar-refractivity contribution in [2.75, 3.05) is 11.9 Å². The highest BCUT2D eigenvalue weighted by Crippen LogP contribution is 2.24. The van der Waals surface area contributed by atoms with Gasteiger partial charge < -0.3 is 15.2 Å². The smallest absolute Gasteiger partial charge is 0.343 e. The second kappa shape index (κ2) is 8.91. The SMILES string of the molecule is CCOC(=O)c1cnn2c(-c3cccc(NC(=O)c4ccn(C(C)C(=O)O)n4)c3)ccnc12. The highest BCUT2D eigenvalue weighted by atomic mass is 16.5. The number of anilines is 1. The molecule has 0 aliphatic carbocycles. The van der Waals surface area contributed by atoms with Crippen LogP contribution in [0.1, 0.15) is 40.7 Å². The molecule has 0 fully saturated rings. The number of carbonyl (C=O) groups is 3. The van der Waals surface area contributed by atoms with Crippen LogP contribution in [0.25, 0.3) is 16.9 Å². The number of aromatic nitrogens is 5. The van der Waals surface area contributed by atoms with Crippen molar-refractivity contribution < 1.29 is 24.2 Å². The topological polar surface area (TPSA) is 141 Å². The molecule has 0 radical (unpaired) electrons. The molecule has 0 bridgehead atoms. The van der Waals surface area contributed by atoms with Crippen LogP contribution in [-0.2, 0) is 9.53 Å². The van der Waals surface area contributed by atoms with E-state index >= 15 is 0 Å². The molecule has 0 spiro atoms. The van der Waals surface area contributed by atoms with Crippen molar-refractivity contribution in [1.82, 2.24) is 24.4 Å². The minimum absolute atomic E-state index is 0.0889. The molecule has 11 nitrogen and oxygen atoms in total. The molecule has 33 heavy (non-hydrogen) atoms. The lowest BCUT2D eigenvalue weighted by atomic mass is 10.1. The van der Waals surface area contributed by atoms with E-state index in [4.69, 9.17) is 9.84 Å². The molecule has 0 aliphatic heterocycles. The Hall–Kier alpha value is -4.54. The highest BCUT2D eigenvalue weighted by molar-refractivity contribution is 6.03. The van der Waals surface area contributed by atoms with E-state index in [0.29, 0.717) is 17.0 Å². The van der Waals surface area contributed by atoms with Crippen molar-refractivity contribution >= 4 is 29.2 Å². The Morgan fingerprint density at radius 2 is 2.03 bits per heavy atom. The summed E-state index contributed by atoms with van der Waals surface area (Å²) in [7, 11) is 0. The largest absolute Gasteiger partial charge is 0.480 e. The first-order valence-corrected chi connectivity index (χ1v) is 10.1. The molecular formula is C22H20N6O5. The number of fused-ring (bicyclic) bond motifs is 1. The molecule has 3 aromatic heterocycles. The van der Waals surface area contributed by atoms with Gasteiger partial charge in [0.05, 0.1) is 18.5 Å². The predicted octanol–water partition coefficient (Wildman–Crippen LogP) is 2.67. The van der Waals surface area contributed by atoms with Crippen LogP contribution in [0.3, 0.4) is 0 Å². The fourth-order valence-electron chi connectivity index (χ4n) is 3.20. The summed E-state index contributed by atoms with van der Waals surface area (Å²) in [5.74, 6) is -2.03. The Labute approximate surface area is 187 Å². The fourth-order valence-corrected chi connectivity index (χ4v) is 3.20. The van der Waals surface area contributed by atoms with Crippen molar-refractivity contribution in [3.63, 3.8) is 0 Å². The Kier molecular flexibility index (Phi) is 5.85. The van der Waals surface area contributed by atoms with Gasteiger partial charge in [0.15, 0.2) is 11.3 Å². The zero-order valence-corrected chi connectivity index (χ0v) is 17.8. The van der Waals surface area contributed by atoms with Crippen molar-refractivity contribution in [2.45, 2.75) is 19.9 Å². The molecule has 1 amide bonds. The number of nitrogens with one attached hydrogen (secondary N) is 1. The van der Waals surface area contributed by atoms with E-state index in [1.807, 2.05) is 6.07 Å². The van der Waals surface area contributed by atoms with Crippen LogP contribution >= 0.6 is 0 Å². The number of ether oxygens (including phenoxy) is 1. The quantitative estimate of drug-likeness (QED) is 0.411. The van der Waals surface area contributed by atoms with Crippen molar-refractivity contribution in [3.05, 3.63) is 66.2 Å². The van der Waals surface area contributed by atoms with Gasteiger partial charge in [-0.15, -0.1) is 0 Å². The summed E-state index contributed by atoms with van der Waals surface area (Å²) in [5.41, 5.74) is 2.59. The Balaban J connectivity index is 1.60. The highest BCUT2D eigenvalue weighted by Gasteiger charge is 2.19. The summed E-state index contributed by atoms with van der Waals surface area (Å²) in [6.45, 7) is 3.43. The van der Waals surface area contributed by atoms with Gasteiger partial charge in [0, 0.05) is 23.6 Å². The number of benzene rings is 1. The molecule has 2 N–H and O–H groups in total. The molecule has 3 heterocycles. The first kappa shape index (κ1) is 21.7. The third-order valence-corrected chi connectivity index (χ3v) is 4.91. The fraction of sp³-hybridized carbons (Fsp3) is 0.182. The van der Waals surface area contributed by atoms with Gasteiger partial charge in [0.2, 0.25) is 0 Å². The van der Waals surface area contributed by atoms with E-state index in [1.165, 1.54) is 34.6 Å². The lowest BCUT2D eigenvalue weighted by Gasteiger charge is -2.09. The van der Waals surface area contributed by atoms with Crippen molar-refractivity contribution in [3.8, 4) is 11.3 Å². The summed E-state index contributed by atoms with van der Waals surface area (Å²) < 4.78 is 7.79. The summed E-state index contributed by atoms with van der Waals surface area (Å²) in [6, 6.07) is 9.35. The number of aliphatic carboxylic acids is 1. The molecule has 0 saturated carbocycles. The number of hydrogen-bond donors (Lipinski definition) is 2. The number of carboxylic acids is 1. The van der Waals surface area contributed by atoms with Crippen LogP contribution in [0.5, 0.6) is 0 Å². The van der Waals surface area contributed by atoms with Crippen LogP contribution in [0, 0.1) is 0 Å². The number of amides is 1. The summed E-state index contributed by atoms with van der Waals surface area (Å²) in [4.78, 5) is 40.1. The average molecular weight is 448 g/mol. The van der Waals surface area contributed by atoms with Crippen LogP contribution in [-0.4, -0.2) is 53.9 Å². The van der Waals surface area contributed by atoms with E-state index in [2.05, 4.69) is 20.5 Å². The van der Waals surface area contributed by atoms with Gasteiger partial charge in [0.1, 0.15) is 11.6 Å². The van der Waals surface area contributed by atoms with Gasteiger partial charge in [0.25, 0.3) is 5.91 Å². The lowest BCUT2D eigenvalue weighted by Crippen LogP contribution is -2.18. The maximum absolute atomic E-state index is 12.6. The van der Waals surface area contributed by atoms with Gasteiger partial charge in [-0.2, -0.15) is 10.2 Å². The summed E-state index contributed by atoms with van der Waals surface area (Å²) in [5, 5.41) is 20.2. The first-order valence-electron chi connectivity index (χ1n) is 10.1. The van der Waals surface area contributed by atoms with Crippen LogP contribution < -0.4 is 5.32 Å². The zero-order chi connectivity index (χ0) is 23.5. The van der Waals surface area contributed by atoms with E-state index in [9.17, 15) is 14.4 Å². The monoisotopic (exact) mass is 448 g/mol. The zero-order valence-electron chi connectivity index (χ0n) is 17.8. The van der Waals surface area contributed by atoms with Gasteiger partial charge in [-0.05, 0) is 38.1 Å². The average Bonchev–Trinajstić information content (AvgIpc) is 3.46. The van der Waals surface area contributed by atoms with E-state index in [-0.39, 0.29) is 17.9 Å².